The molecule has 0 atom stereocenters. The molecule has 1 aromatic heterocycles. The van der Waals surface area contributed by atoms with Crippen LogP contribution in [0.5, 0.6) is 5.75 Å². The van der Waals surface area contributed by atoms with Crippen molar-refractivity contribution in [3.05, 3.63) is 50.6 Å². The van der Waals surface area contributed by atoms with Crippen LogP contribution >= 0.6 is 27.3 Å². The van der Waals surface area contributed by atoms with Crippen molar-refractivity contribution in [2.75, 3.05) is 6.61 Å². The fraction of sp³-hybridized carbons (Fsp3) is 0.267. The minimum atomic E-state index is 0.00523. The van der Waals surface area contributed by atoms with Crippen molar-refractivity contribution in [3.63, 3.8) is 0 Å². The Morgan fingerprint density at radius 2 is 2.11 bits per heavy atom. The Labute approximate surface area is 125 Å². The van der Waals surface area contributed by atoms with E-state index in [4.69, 9.17) is 4.74 Å². The first kappa shape index (κ1) is 14.3. The highest BCUT2D eigenvalue weighted by molar-refractivity contribution is 9.11. The molecule has 0 N–H and O–H groups in total. The number of carbonyl (C=O) groups is 1. The lowest BCUT2D eigenvalue weighted by Crippen LogP contribution is -2.10. The number of benzene rings is 1. The van der Waals surface area contributed by atoms with Crippen molar-refractivity contribution in [2.24, 2.45) is 0 Å². The molecule has 0 aliphatic rings. The van der Waals surface area contributed by atoms with Crippen LogP contribution in [0.3, 0.4) is 0 Å². The Hall–Kier alpha value is -1.13. The molecule has 100 valence electrons. The fourth-order valence-electron chi connectivity index (χ4n) is 1.65. The highest BCUT2D eigenvalue weighted by Crippen LogP contribution is 2.23. The largest absolute Gasteiger partial charge is 0.485 e. The van der Waals surface area contributed by atoms with E-state index in [1.54, 1.807) is 0 Å². The van der Waals surface area contributed by atoms with Crippen LogP contribution in [0.1, 0.15) is 35.0 Å². The van der Waals surface area contributed by atoms with Crippen LogP contribution in [0.2, 0.25) is 0 Å². The van der Waals surface area contributed by atoms with E-state index in [2.05, 4.69) is 35.8 Å². The molecule has 2 aromatic rings. The summed E-state index contributed by atoms with van der Waals surface area (Å²) in [5, 5.41) is 0. The van der Waals surface area contributed by atoms with Gasteiger partial charge in [-0.3, -0.25) is 4.79 Å². The molecule has 0 aliphatic heterocycles. The first-order valence-electron chi connectivity index (χ1n) is 6.07. The highest BCUT2D eigenvalue weighted by atomic mass is 79.9. The molecule has 0 saturated carbocycles. The highest BCUT2D eigenvalue weighted by Gasteiger charge is 2.10. The van der Waals surface area contributed by atoms with Gasteiger partial charge in [0.25, 0.3) is 0 Å². The van der Waals surface area contributed by atoms with Gasteiger partial charge in [0, 0.05) is 0 Å². The predicted octanol–water partition coefficient (Wildman–Crippen LogP) is 4.90. The van der Waals surface area contributed by atoms with E-state index >= 15 is 0 Å². The predicted molar refractivity (Wildman–Crippen MR) is 82.4 cm³/mol. The third-order valence-corrected chi connectivity index (χ3v) is 4.41. The number of hydrogen-bond donors (Lipinski definition) is 0. The van der Waals surface area contributed by atoms with Gasteiger partial charge in [0.2, 0.25) is 5.78 Å². The summed E-state index contributed by atoms with van der Waals surface area (Å²) in [7, 11) is 0. The summed E-state index contributed by atoms with van der Waals surface area (Å²) in [6.07, 6.45) is 0. The van der Waals surface area contributed by atoms with E-state index in [1.165, 1.54) is 16.9 Å². The zero-order valence-electron chi connectivity index (χ0n) is 10.9. The lowest BCUT2D eigenvalue weighted by atomic mass is 10.0. The van der Waals surface area contributed by atoms with Crippen LogP contribution in [0.15, 0.2) is 40.2 Å². The lowest BCUT2D eigenvalue weighted by molar-refractivity contribution is 0.0925. The maximum atomic E-state index is 11.9. The maximum absolute atomic E-state index is 11.9. The Kier molecular flexibility index (Phi) is 4.77. The van der Waals surface area contributed by atoms with Crippen LogP contribution in [-0.4, -0.2) is 12.4 Å². The molecule has 1 heterocycles. The molecule has 0 radical (unpaired) electrons. The minimum absolute atomic E-state index is 0.00523. The van der Waals surface area contributed by atoms with Gasteiger partial charge >= 0.3 is 0 Å². The van der Waals surface area contributed by atoms with E-state index < -0.39 is 0 Å². The second-order valence-electron chi connectivity index (χ2n) is 4.54. The Morgan fingerprint density at radius 3 is 2.74 bits per heavy atom. The number of rotatable bonds is 5. The van der Waals surface area contributed by atoms with Gasteiger partial charge in [0.15, 0.2) is 6.61 Å². The van der Waals surface area contributed by atoms with Gasteiger partial charge in [-0.25, -0.2) is 0 Å². The smallest absolute Gasteiger partial charge is 0.210 e. The monoisotopic (exact) mass is 338 g/mol. The van der Waals surface area contributed by atoms with Crippen LogP contribution in [0.25, 0.3) is 0 Å². The molecule has 0 unspecified atom stereocenters. The van der Waals surface area contributed by atoms with Gasteiger partial charge in [-0.2, -0.15) is 0 Å². The van der Waals surface area contributed by atoms with Crippen LogP contribution in [0.4, 0.5) is 0 Å². The lowest BCUT2D eigenvalue weighted by Gasteiger charge is -2.09. The van der Waals surface area contributed by atoms with Gasteiger partial charge < -0.3 is 4.74 Å². The maximum Gasteiger partial charge on any atom is 0.210 e. The zero-order chi connectivity index (χ0) is 13.8. The Bertz CT molecular complexity index is 575. The summed E-state index contributed by atoms with van der Waals surface area (Å²) in [4.78, 5) is 12.6. The van der Waals surface area contributed by atoms with E-state index in [9.17, 15) is 4.79 Å². The first-order valence-corrected chi connectivity index (χ1v) is 7.68. The molecule has 0 saturated heterocycles. The van der Waals surface area contributed by atoms with Crippen molar-refractivity contribution >= 4 is 33.0 Å². The number of thiophene rings is 1. The summed E-state index contributed by atoms with van der Waals surface area (Å²) >= 11 is 4.77. The molecule has 0 fully saturated rings. The zero-order valence-corrected chi connectivity index (χ0v) is 13.3. The second kappa shape index (κ2) is 6.35. The Balaban J connectivity index is 1.99. The van der Waals surface area contributed by atoms with Crippen molar-refractivity contribution in [1.29, 1.82) is 0 Å². The summed E-state index contributed by atoms with van der Waals surface area (Å²) in [6, 6.07) is 11.6. The van der Waals surface area contributed by atoms with Gasteiger partial charge in [0.1, 0.15) is 5.75 Å². The summed E-state index contributed by atoms with van der Waals surface area (Å²) < 4.78 is 6.52. The molecule has 0 aliphatic carbocycles. The molecular formula is C15H15BrO2S. The molecule has 4 heteroatoms. The van der Waals surface area contributed by atoms with Gasteiger partial charge in [-0.1, -0.05) is 26.0 Å². The number of halogens is 1. The van der Waals surface area contributed by atoms with Crippen molar-refractivity contribution < 1.29 is 9.53 Å². The summed E-state index contributed by atoms with van der Waals surface area (Å²) in [6.45, 7) is 4.34. The minimum Gasteiger partial charge on any atom is -0.485 e. The number of ether oxygens (including phenoxy) is 1. The molecule has 2 nitrogen and oxygen atoms in total. The first-order chi connectivity index (χ1) is 9.06. The average Bonchev–Trinajstić information content (AvgIpc) is 2.83. The normalized spacial score (nSPS) is 10.7. The molecule has 0 spiro atoms. The molecular weight excluding hydrogens is 324 g/mol. The van der Waals surface area contributed by atoms with E-state index in [-0.39, 0.29) is 12.4 Å². The number of hydrogen-bond acceptors (Lipinski definition) is 3. The number of carbonyl (C=O) groups excluding carboxylic acids is 1. The third-order valence-electron chi connectivity index (χ3n) is 2.74. The molecule has 1 aromatic carbocycles. The van der Waals surface area contributed by atoms with Gasteiger partial charge in [-0.15, -0.1) is 11.3 Å². The van der Waals surface area contributed by atoms with Crippen molar-refractivity contribution in [3.8, 4) is 5.75 Å². The quantitative estimate of drug-likeness (QED) is 0.725. The third kappa shape index (κ3) is 3.91. The van der Waals surface area contributed by atoms with Gasteiger partial charge in [0.05, 0.1) is 8.66 Å². The summed E-state index contributed by atoms with van der Waals surface area (Å²) in [5.74, 6) is 1.20. The average molecular weight is 339 g/mol. The molecule has 2 rings (SSSR count). The Morgan fingerprint density at radius 1 is 1.32 bits per heavy atom. The SMILES string of the molecule is CC(C)c1cccc(OCC(=O)c2ccc(Br)s2)c1. The van der Waals surface area contributed by atoms with Crippen molar-refractivity contribution in [2.45, 2.75) is 19.8 Å². The number of Topliss-reactive ketones (excluding diaryl/α,β-unsaturated/α-hetero) is 1. The van der Waals surface area contributed by atoms with Gasteiger partial charge in [-0.05, 0) is 51.7 Å². The molecule has 19 heavy (non-hydrogen) atoms. The van der Waals surface area contributed by atoms with Crippen LogP contribution < -0.4 is 4.74 Å². The van der Waals surface area contributed by atoms with Crippen LogP contribution in [0, 0.1) is 0 Å². The topological polar surface area (TPSA) is 26.3 Å². The number of ketones is 1. The fourth-order valence-corrected chi connectivity index (χ4v) is 2.96. The van der Waals surface area contributed by atoms with E-state index in [0.29, 0.717) is 10.8 Å². The molecule has 0 amide bonds. The van der Waals surface area contributed by atoms with Crippen molar-refractivity contribution in [1.82, 2.24) is 0 Å². The summed E-state index contributed by atoms with van der Waals surface area (Å²) in [5.41, 5.74) is 1.21. The second-order valence-corrected chi connectivity index (χ2v) is 7.01. The standard InChI is InChI=1S/C15H15BrO2S/c1-10(2)11-4-3-5-12(8-11)18-9-13(17)14-6-7-15(16)19-14/h3-8,10H,9H2,1-2H3. The van der Waals surface area contributed by atoms with Crippen LogP contribution in [-0.2, 0) is 0 Å². The van der Waals surface area contributed by atoms with E-state index in [1.807, 2.05) is 30.3 Å². The van der Waals surface area contributed by atoms with E-state index in [0.717, 1.165) is 9.54 Å². The molecule has 0 bridgehead atoms.